The number of methoxy groups -OCH3 is 4. The lowest BCUT2D eigenvalue weighted by molar-refractivity contribution is -0.319. The van der Waals surface area contributed by atoms with Crippen molar-refractivity contribution in [2.24, 2.45) is 34.5 Å². The van der Waals surface area contributed by atoms with Crippen LogP contribution in [-0.4, -0.2) is 134 Å². The molecule has 1 aliphatic heterocycles. The van der Waals surface area contributed by atoms with Crippen LogP contribution < -0.4 is 0 Å². The molecule has 46 heavy (non-hydrogen) atoms. The van der Waals surface area contributed by atoms with E-state index in [-0.39, 0.29) is 31.6 Å². The van der Waals surface area contributed by atoms with Crippen LogP contribution in [0.4, 0.5) is 0 Å². The van der Waals surface area contributed by atoms with Crippen LogP contribution in [0.25, 0.3) is 0 Å². The van der Waals surface area contributed by atoms with Gasteiger partial charge in [0.05, 0.1) is 30.5 Å². The number of aliphatic hydroxyl groups excluding tert-OH is 2. The lowest BCUT2D eigenvalue weighted by atomic mass is 9.42. The summed E-state index contributed by atoms with van der Waals surface area (Å²) in [5.41, 5.74) is -5.54. The van der Waals surface area contributed by atoms with Gasteiger partial charge in [-0.25, -0.2) is 4.79 Å². The molecule has 1 amide bonds. The van der Waals surface area contributed by atoms with Gasteiger partial charge in [0.1, 0.15) is 23.9 Å². The normalized spacial score (nSPS) is 49.4. The number of piperidine rings is 1. The Morgan fingerprint density at radius 2 is 1.74 bits per heavy atom. The molecule has 1 heterocycles. The number of carbonyl (C=O) groups excluding carboxylic acids is 3. The third kappa shape index (κ3) is 3.52. The Morgan fingerprint density at radius 1 is 1.02 bits per heavy atom. The van der Waals surface area contributed by atoms with Gasteiger partial charge in [-0.15, -0.1) is 0 Å². The van der Waals surface area contributed by atoms with Gasteiger partial charge in [-0.2, -0.15) is 0 Å². The predicted octanol–water partition coefficient (Wildman–Crippen LogP) is -0.215. The molecule has 5 saturated carbocycles. The SMILES string of the molecule is COC[C@]12CN(C=O)[C@@H]3C4[C@H](OC)[C@H]1C3([C@@H](OC)C[C@H]2O)[C@@H]1C[C@@]2(O)[C@H](OC(=O)c3ccccc3)[C@@H]1[C@]4(OC(C)=O)[C@@H](O)[C@@H]2OC. The van der Waals surface area contributed by atoms with Gasteiger partial charge in [-0.3, -0.25) is 9.59 Å². The molecule has 1 saturated heterocycles. The number of aliphatic hydroxyl groups is 3. The maximum Gasteiger partial charge on any atom is 0.338 e. The highest BCUT2D eigenvalue weighted by Crippen LogP contribution is 2.80. The van der Waals surface area contributed by atoms with Crippen molar-refractivity contribution in [2.45, 2.75) is 73.6 Å². The number of carbonyl (C=O) groups is 3. The lowest BCUT2D eigenvalue weighted by Crippen LogP contribution is -2.81. The van der Waals surface area contributed by atoms with Gasteiger partial charge in [0.15, 0.2) is 5.60 Å². The summed E-state index contributed by atoms with van der Waals surface area (Å²) in [6, 6.07) is 7.64. The second-order valence-corrected chi connectivity index (χ2v) is 14.1. The molecule has 13 nitrogen and oxygen atoms in total. The molecule has 6 fully saturated rings. The van der Waals surface area contributed by atoms with Crippen molar-refractivity contribution in [3.05, 3.63) is 35.9 Å². The van der Waals surface area contributed by atoms with E-state index in [1.807, 2.05) is 0 Å². The molecule has 13 heteroatoms. The number of fused-ring (bicyclic) bond motifs is 2. The molecule has 7 rings (SSSR count). The molecule has 15 atom stereocenters. The maximum atomic E-state index is 13.7. The first-order valence-corrected chi connectivity index (χ1v) is 15.8. The number of benzene rings is 1. The fourth-order valence-corrected chi connectivity index (χ4v) is 12.0. The lowest BCUT2D eigenvalue weighted by Gasteiger charge is -2.69. The number of hydrogen-bond donors (Lipinski definition) is 3. The highest BCUT2D eigenvalue weighted by molar-refractivity contribution is 5.89. The fourth-order valence-electron chi connectivity index (χ4n) is 12.0. The van der Waals surface area contributed by atoms with E-state index in [2.05, 4.69) is 0 Å². The Morgan fingerprint density at radius 3 is 2.33 bits per heavy atom. The molecule has 5 aliphatic carbocycles. The summed E-state index contributed by atoms with van der Waals surface area (Å²) in [7, 11) is 5.95. The standard InChI is InChI=1S/C33H43NO12/c1-16(36)46-33-21-18(12-31(40,28(44-5)26(33)38)27(21)45-29(39)17-9-7-6-8-10-17)32-20(42-3)11-19(37)30(14-41-2)13-34(15-35)25(32)22(33)23(43-4)24(30)32/h6-10,15,18-28,37-38,40H,11-14H2,1-5H3/t18-,19-,20+,21-,22?,23+,24-,25-,26+,27-,28+,30+,31-,32?,33-/m1/s1. The van der Waals surface area contributed by atoms with Crippen LogP contribution >= 0.6 is 0 Å². The van der Waals surface area contributed by atoms with Crippen molar-refractivity contribution in [1.29, 1.82) is 0 Å². The van der Waals surface area contributed by atoms with Crippen LogP contribution in [0, 0.1) is 34.5 Å². The molecule has 252 valence electrons. The summed E-state index contributed by atoms with van der Waals surface area (Å²) < 4.78 is 36.8. The van der Waals surface area contributed by atoms with Gasteiger partial charge in [-0.1, -0.05) is 18.2 Å². The Bertz CT molecular complexity index is 1400. The molecule has 0 aromatic heterocycles. The highest BCUT2D eigenvalue weighted by Gasteiger charge is 2.92. The summed E-state index contributed by atoms with van der Waals surface area (Å²) in [5, 5.41) is 37.0. The van der Waals surface area contributed by atoms with Gasteiger partial charge in [0.2, 0.25) is 6.41 Å². The molecule has 7 bridgehead atoms. The first-order valence-electron chi connectivity index (χ1n) is 15.8. The van der Waals surface area contributed by atoms with E-state index in [1.54, 1.807) is 42.3 Å². The minimum atomic E-state index is -1.92. The molecule has 1 spiro atoms. The molecule has 3 N–H and O–H groups in total. The molecular formula is C33H43NO12. The first-order chi connectivity index (χ1) is 22.0. The monoisotopic (exact) mass is 645 g/mol. The zero-order chi connectivity index (χ0) is 33.0. The van der Waals surface area contributed by atoms with Crippen LogP contribution in [0.5, 0.6) is 0 Å². The number of rotatable bonds is 9. The zero-order valence-corrected chi connectivity index (χ0v) is 26.6. The average molecular weight is 646 g/mol. The number of amides is 1. The maximum absolute atomic E-state index is 13.7. The first kappa shape index (κ1) is 31.9. The number of hydrogen-bond acceptors (Lipinski definition) is 12. The van der Waals surface area contributed by atoms with Gasteiger partial charge >= 0.3 is 11.9 Å². The summed E-state index contributed by atoms with van der Waals surface area (Å²) in [5.74, 6) is -4.46. The zero-order valence-electron chi connectivity index (χ0n) is 26.6. The van der Waals surface area contributed by atoms with Crippen LogP contribution in [0.3, 0.4) is 0 Å². The summed E-state index contributed by atoms with van der Waals surface area (Å²) in [6.07, 6.45) is -5.77. The Balaban J connectivity index is 1.53. The van der Waals surface area contributed by atoms with E-state index < -0.39 is 100 Å². The predicted molar refractivity (Wildman–Crippen MR) is 156 cm³/mol. The van der Waals surface area contributed by atoms with Crippen LogP contribution in [-0.2, 0) is 38.0 Å². The Kier molecular flexibility index (Phi) is 7.41. The van der Waals surface area contributed by atoms with E-state index in [9.17, 15) is 29.7 Å². The Hall–Kier alpha value is -2.65. The third-order valence-electron chi connectivity index (χ3n) is 12.8. The van der Waals surface area contributed by atoms with Crippen LogP contribution in [0.15, 0.2) is 30.3 Å². The molecule has 6 aliphatic rings. The van der Waals surface area contributed by atoms with Gasteiger partial charge in [0, 0.05) is 83.0 Å². The topological polar surface area (TPSA) is 171 Å². The molecule has 2 unspecified atom stereocenters. The largest absolute Gasteiger partial charge is 0.455 e. The van der Waals surface area contributed by atoms with Gasteiger partial charge < -0.3 is 48.6 Å². The second kappa shape index (κ2) is 10.7. The molecule has 1 aromatic rings. The van der Waals surface area contributed by atoms with Gasteiger partial charge in [-0.05, 0) is 24.5 Å². The summed E-state index contributed by atoms with van der Waals surface area (Å²) in [6.45, 7) is 1.44. The van der Waals surface area contributed by atoms with E-state index in [4.69, 9.17) is 28.4 Å². The van der Waals surface area contributed by atoms with Crippen molar-refractivity contribution in [1.82, 2.24) is 4.90 Å². The minimum absolute atomic E-state index is 0.0369. The van der Waals surface area contributed by atoms with E-state index in [0.717, 1.165) is 6.41 Å². The van der Waals surface area contributed by atoms with Crippen LogP contribution in [0.1, 0.15) is 30.1 Å². The van der Waals surface area contributed by atoms with Crippen molar-refractivity contribution in [3.63, 3.8) is 0 Å². The fraction of sp³-hybridized carbons (Fsp3) is 0.727. The van der Waals surface area contributed by atoms with Crippen molar-refractivity contribution >= 4 is 18.3 Å². The van der Waals surface area contributed by atoms with Crippen LogP contribution in [0.2, 0.25) is 0 Å². The summed E-state index contributed by atoms with van der Waals surface area (Å²) >= 11 is 0. The molecular weight excluding hydrogens is 602 g/mol. The second-order valence-electron chi connectivity index (χ2n) is 14.1. The van der Waals surface area contributed by atoms with Gasteiger partial charge in [0.25, 0.3) is 0 Å². The number of nitrogens with zero attached hydrogens (tertiary/aromatic N) is 1. The number of likely N-dealkylation sites (tertiary alicyclic amines) is 1. The average Bonchev–Trinajstić information content (AvgIpc) is 3.41. The third-order valence-corrected chi connectivity index (χ3v) is 12.8. The van der Waals surface area contributed by atoms with E-state index in [0.29, 0.717) is 0 Å². The smallest absolute Gasteiger partial charge is 0.338 e. The van der Waals surface area contributed by atoms with Crippen molar-refractivity contribution in [3.8, 4) is 0 Å². The van der Waals surface area contributed by atoms with E-state index >= 15 is 0 Å². The number of esters is 2. The number of ether oxygens (including phenoxy) is 6. The van der Waals surface area contributed by atoms with E-state index in [1.165, 1.54) is 28.3 Å². The summed E-state index contributed by atoms with van der Waals surface area (Å²) in [4.78, 5) is 41.6. The molecule has 0 radical (unpaired) electrons. The highest BCUT2D eigenvalue weighted by atomic mass is 16.6. The van der Waals surface area contributed by atoms with Crippen molar-refractivity contribution in [2.75, 3.05) is 41.6 Å². The van der Waals surface area contributed by atoms with Crippen molar-refractivity contribution < 1.29 is 58.1 Å². The molecule has 1 aromatic carbocycles. The minimum Gasteiger partial charge on any atom is -0.455 e. The Labute approximate surface area is 267 Å². The quantitative estimate of drug-likeness (QED) is 0.239.